The number of hydrogen-bond donors (Lipinski definition) is 1. The number of nitrogens with zero attached hydrogens (tertiary/aromatic N) is 1. The van der Waals surface area contributed by atoms with Gasteiger partial charge in [0.25, 0.3) is 0 Å². The average molecular weight is 391 g/mol. The summed E-state index contributed by atoms with van der Waals surface area (Å²) in [5, 5.41) is 2.93. The molecule has 1 N–H and O–H groups in total. The summed E-state index contributed by atoms with van der Waals surface area (Å²) < 4.78 is 5.14. The lowest BCUT2D eigenvalue weighted by atomic mass is 9.93. The fraction of sp³-hybridized carbons (Fsp3) is 0.619. The number of ether oxygens (including phenoxy) is 1. The van der Waals surface area contributed by atoms with Crippen LogP contribution in [0.3, 0.4) is 0 Å². The molecule has 0 bridgehead atoms. The van der Waals surface area contributed by atoms with E-state index in [0.717, 1.165) is 36.6 Å². The number of anilines is 1. The van der Waals surface area contributed by atoms with Gasteiger partial charge in [-0.15, -0.1) is 0 Å². The maximum atomic E-state index is 13.1. The minimum Gasteiger partial charge on any atom is -0.497 e. The number of rotatable bonds is 7. The third-order valence-electron chi connectivity index (χ3n) is 5.78. The van der Waals surface area contributed by atoms with Crippen molar-refractivity contribution in [3.63, 3.8) is 0 Å². The monoisotopic (exact) mass is 390 g/mol. The Hall–Kier alpha value is -1.69. The van der Waals surface area contributed by atoms with E-state index in [1.54, 1.807) is 18.9 Å². The summed E-state index contributed by atoms with van der Waals surface area (Å²) in [7, 11) is 1.61. The van der Waals surface area contributed by atoms with Crippen molar-refractivity contribution in [3.05, 3.63) is 24.3 Å². The molecule has 27 heavy (non-hydrogen) atoms. The molecule has 0 unspecified atom stereocenters. The third kappa shape index (κ3) is 4.98. The second kappa shape index (κ2) is 9.49. The molecular formula is C21H30N2O3S. The maximum absolute atomic E-state index is 13.1. The molecule has 1 aliphatic heterocycles. The van der Waals surface area contributed by atoms with Crippen LogP contribution in [-0.2, 0) is 9.59 Å². The van der Waals surface area contributed by atoms with E-state index in [9.17, 15) is 9.59 Å². The lowest BCUT2D eigenvalue weighted by Crippen LogP contribution is -2.39. The molecule has 0 aromatic heterocycles. The van der Waals surface area contributed by atoms with Crippen molar-refractivity contribution in [1.29, 1.82) is 0 Å². The highest BCUT2D eigenvalue weighted by Crippen LogP contribution is 2.35. The van der Waals surface area contributed by atoms with E-state index in [0.29, 0.717) is 6.04 Å². The number of amides is 2. The summed E-state index contributed by atoms with van der Waals surface area (Å²) in [6.07, 6.45) is 8.27. The van der Waals surface area contributed by atoms with E-state index in [1.807, 2.05) is 24.3 Å². The second-order valence-corrected chi connectivity index (χ2v) is 8.50. The Bertz CT molecular complexity index is 643. The Morgan fingerprint density at radius 3 is 2.56 bits per heavy atom. The van der Waals surface area contributed by atoms with E-state index >= 15 is 0 Å². The highest BCUT2D eigenvalue weighted by molar-refractivity contribution is 7.98. The highest BCUT2D eigenvalue weighted by atomic mass is 32.2. The van der Waals surface area contributed by atoms with E-state index in [-0.39, 0.29) is 30.1 Å². The van der Waals surface area contributed by atoms with Gasteiger partial charge < -0.3 is 15.0 Å². The lowest BCUT2D eigenvalue weighted by molar-refractivity contribution is -0.135. The van der Waals surface area contributed by atoms with E-state index in [2.05, 4.69) is 16.5 Å². The Balaban J connectivity index is 1.63. The van der Waals surface area contributed by atoms with Gasteiger partial charge in [0.05, 0.1) is 13.0 Å². The predicted octanol–water partition coefficient (Wildman–Crippen LogP) is 3.79. The number of methoxy groups -OCH3 is 1. The number of carbonyl (C=O) groups excluding carboxylic acids is 2. The van der Waals surface area contributed by atoms with Crippen LogP contribution in [0.25, 0.3) is 0 Å². The van der Waals surface area contributed by atoms with Crippen LogP contribution < -0.4 is 10.1 Å². The van der Waals surface area contributed by atoms with Crippen molar-refractivity contribution in [1.82, 2.24) is 4.90 Å². The van der Waals surface area contributed by atoms with E-state index in [4.69, 9.17) is 4.74 Å². The van der Waals surface area contributed by atoms with Crippen molar-refractivity contribution >= 4 is 29.3 Å². The topological polar surface area (TPSA) is 58.6 Å². The Labute approximate surface area is 166 Å². The van der Waals surface area contributed by atoms with Gasteiger partial charge in [-0.25, -0.2) is 0 Å². The number of thioether (sulfide) groups is 1. The second-order valence-electron chi connectivity index (χ2n) is 7.59. The summed E-state index contributed by atoms with van der Waals surface area (Å²) in [6.45, 7) is 0.810. The molecular weight excluding hydrogens is 360 g/mol. The number of nitrogens with one attached hydrogen (secondary N) is 1. The zero-order valence-electron chi connectivity index (χ0n) is 16.3. The quantitative estimate of drug-likeness (QED) is 0.769. The summed E-state index contributed by atoms with van der Waals surface area (Å²) in [4.78, 5) is 27.8. The summed E-state index contributed by atoms with van der Waals surface area (Å²) >= 11 is 1.76. The van der Waals surface area contributed by atoms with Crippen LogP contribution in [0.2, 0.25) is 0 Å². The lowest BCUT2D eigenvalue weighted by Gasteiger charge is -2.31. The first-order valence-electron chi connectivity index (χ1n) is 9.85. The Kier molecular flexibility index (Phi) is 7.05. The van der Waals surface area contributed by atoms with E-state index < -0.39 is 0 Å². The molecule has 148 valence electrons. The summed E-state index contributed by atoms with van der Waals surface area (Å²) in [5.74, 6) is 1.84. The van der Waals surface area contributed by atoms with Gasteiger partial charge in [-0.1, -0.05) is 19.3 Å². The molecule has 3 rings (SSSR count). The molecule has 2 amide bonds. The molecule has 1 aromatic carbocycles. The maximum Gasteiger partial charge on any atom is 0.226 e. The van der Waals surface area contributed by atoms with Gasteiger partial charge >= 0.3 is 0 Å². The minimum absolute atomic E-state index is 0.0879. The Morgan fingerprint density at radius 1 is 1.22 bits per heavy atom. The molecule has 5 nitrogen and oxygen atoms in total. The van der Waals surface area contributed by atoms with Crippen molar-refractivity contribution in [2.45, 2.75) is 44.6 Å². The molecule has 1 heterocycles. The molecule has 1 aromatic rings. The molecule has 1 saturated heterocycles. The van der Waals surface area contributed by atoms with Crippen molar-refractivity contribution < 1.29 is 14.3 Å². The number of benzene rings is 1. The molecule has 2 aliphatic rings. The van der Waals surface area contributed by atoms with Crippen LogP contribution in [-0.4, -0.2) is 48.4 Å². The van der Waals surface area contributed by atoms with Crippen LogP contribution in [0.15, 0.2) is 24.3 Å². The van der Waals surface area contributed by atoms with Crippen LogP contribution in [0.5, 0.6) is 5.75 Å². The molecule has 0 spiro atoms. The first-order valence-corrected chi connectivity index (χ1v) is 11.2. The van der Waals surface area contributed by atoms with Gasteiger partial charge in [0.2, 0.25) is 11.8 Å². The summed E-state index contributed by atoms with van der Waals surface area (Å²) in [6, 6.07) is 7.65. The van der Waals surface area contributed by atoms with Crippen molar-refractivity contribution in [3.8, 4) is 5.75 Å². The fourth-order valence-corrected chi connectivity index (χ4v) is 5.10. The first kappa shape index (κ1) is 20.1. The van der Waals surface area contributed by atoms with Gasteiger partial charge in [-0.05, 0) is 55.0 Å². The summed E-state index contributed by atoms with van der Waals surface area (Å²) in [5.41, 5.74) is 0.733. The van der Waals surface area contributed by atoms with Crippen molar-refractivity contribution in [2.24, 2.45) is 11.8 Å². The SMILES string of the molecule is COc1ccc(NC(=O)C[C@H]2C(=O)N(C3CCCCC3)C[C@@H]2CSC)cc1. The zero-order chi connectivity index (χ0) is 19.2. The third-order valence-corrected chi connectivity index (χ3v) is 6.54. The Morgan fingerprint density at radius 2 is 1.93 bits per heavy atom. The largest absolute Gasteiger partial charge is 0.497 e. The highest BCUT2D eigenvalue weighted by Gasteiger charge is 2.43. The average Bonchev–Trinajstić information content (AvgIpc) is 2.99. The number of hydrogen-bond acceptors (Lipinski definition) is 4. The molecule has 6 heteroatoms. The first-order chi connectivity index (χ1) is 13.1. The smallest absolute Gasteiger partial charge is 0.226 e. The number of likely N-dealkylation sites (tertiary alicyclic amines) is 1. The standard InChI is InChI=1S/C21H30N2O3S/c1-26-18-10-8-16(9-11-18)22-20(24)12-19-15(14-27-2)13-23(21(19)25)17-6-4-3-5-7-17/h8-11,15,17,19H,3-7,12-14H2,1-2H3,(H,22,24)/t15-,19-/m1/s1. The zero-order valence-corrected chi connectivity index (χ0v) is 17.1. The van der Waals surface area contributed by atoms with Crippen LogP contribution in [0, 0.1) is 11.8 Å². The normalized spacial score (nSPS) is 23.5. The molecule has 1 aliphatic carbocycles. The molecule has 2 fully saturated rings. The van der Waals surface area contributed by atoms with Gasteiger partial charge in [-0.2, -0.15) is 11.8 Å². The van der Waals surface area contributed by atoms with Crippen LogP contribution >= 0.6 is 11.8 Å². The van der Waals surface area contributed by atoms with Crippen LogP contribution in [0.4, 0.5) is 5.69 Å². The van der Waals surface area contributed by atoms with Gasteiger partial charge in [-0.3, -0.25) is 9.59 Å². The molecule has 2 atom stereocenters. The van der Waals surface area contributed by atoms with Gasteiger partial charge in [0, 0.05) is 24.7 Å². The van der Waals surface area contributed by atoms with Crippen molar-refractivity contribution in [2.75, 3.05) is 31.0 Å². The predicted molar refractivity (Wildman–Crippen MR) is 110 cm³/mol. The molecule has 1 saturated carbocycles. The fourth-order valence-electron chi connectivity index (χ4n) is 4.33. The van der Waals surface area contributed by atoms with E-state index in [1.165, 1.54) is 19.3 Å². The number of carbonyl (C=O) groups is 2. The molecule has 0 radical (unpaired) electrons. The van der Waals surface area contributed by atoms with Gasteiger partial charge in [0.15, 0.2) is 0 Å². The van der Waals surface area contributed by atoms with Crippen LogP contribution in [0.1, 0.15) is 38.5 Å². The van der Waals surface area contributed by atoms with Gasteiger partial charge in [0.1, 0.15) is 5.75 Å². The minimum atomic E-state index is -0.197.